The minimum Gasteiger partial charge on any atom is -0.493 e. The molecule has 1 fully saturated rings. The molecule has 2 aromatic rings. The third-order valence-corrected chi connectivity index (χ3v) is 4.30. The maximum Gasteiger partial charge on any atom is 0.216 e. The normalized spacial score (nSPS) is 17.3. The van der Waals surface area contributed by atoms with Crippen molar-refractivity contribution >= 4 is 30.0 Å². The average molecular weight is 383 g/mol. The monoisotopic (exact) mass is 382 g/mol. The summed E-state index contributed by atoms with van der Waals surface area (Å²) in [5, 5.41) is 11.9. The molecule has 1 aromatic carbocycles. The van der Waals surface area contributed by atoms with Crippen molar-refractivity contribution in [3.63, 3.8) is 0 Å². The van der Waals surface area contributed by atoms with Crippen molar-refractivity contribution in [2.75, 3.05) is 20.3 Å². The lowest BCUT2D eigenvalue weighted by Gasteiger charge is -2.12. The van der Waals surface area contributed by atoms with E-state index < -0.39 is 0 Å². The smallest absolute Gasteiger partial charge is 0.216 e. The summed E-state index contributed by atoms with van der Waals surface area (Å²) < 4.78 is 18.5. The van der Waals surface area contributed by atoms with Gasteiger partial charge >= 0.3 is 0 Å². The number of ether oxygens (including phenoxy) is 3. The number of hydrogen-bond donors (Lipinski definition) is 1. The number of aromatic amines is 1. The van der Waals surface area contributed by atoms with Gasteiger partial charge in [0.2, 0.25) is 4.77 Å². The third-order valence-electron chi connectivity index (χ3n) is 3.76. The van der Waals surface area contributed by atoms with Crippen LogP contribution in [0.25, 0.3) is 0 Å². The highest BCUT2D eigenvalue weighted by atomic mass is 35.5. The molecule has 1 aliphatic rings. The fraction of sp³-hybridized carbons (Fsp3) is 0.438. The van der Waals surface area contributed by atoms with E-state index in [9.17, 15) is 0 Å². The van der Waals surface area contributed by atoms with Crippen LogP contribution in [-0.4, -0.2) is 41.4 Å². The Balaban J connectivity index is 1.91. The van der Waals surface area contributed by atoms with Crippen molar-refractivity contribution in [1.82, 2.24) is 14.9 Å². The highest BCUT2D eigenvalue weighted by Gasteiger charge is 2.23. The van der Waals surface area contributed by atoms with Crippen molar-refractivity contribution in [2.45, 2.75) is 25.9 Å². The highest BCUT2D eigenvalue weighted by molar-refractivity contribution is 7.71. The van der Waals surface area contributed by atoms with Crippen LogP contribution in [0.5, 0.6) is 11.5 Å². The number of benzene rings is 1. The summed E-state index contributed by atoms with van der Waals surface area (Å²) in [6, 6.07) is 3.56. The lowest BCUT2D eigenvalue weighted by atomic mass is 10.2. The SMILES string of the molecule is CCOc1c(Cl)cc(/C=N\n2c([C@@H]3CCCO3)n[nH]c2=S)cc1OC. The van der Waals surface area contributed by atoms with Crippen LogP contribution in [-0.2, 0) is 4.74 Å². The molecule has 2 heterocycles. The molecular weight excluding hydrogens is 364 g/mol. The van der Waals surface area contributed by atoms with E-state index in [-0.39, 0.29) is 6.10 Å². The summed E-state index contributed by atoms with van der Waals surface area (Å²) in [6.45, 7) is 3.11. The van der Waals surface area contributed by atoms with Crippen molar-refractivity contribution < 1.29 is 14.2 Å². The lowest BCUT2D eigenvalue weighted by molar-refractivity contribution is 0.102. The van der Waals surface area contributed by atoms with Crippen LogP contribution in [0, 0.1) is 4.77 Å². The van der Waals surface area contributed by atoms with Gasteiger partial charge in [-0.2, -0.15) is 14.9 Å². The Bertz CT molecular complexity index is 827. The highest BCUT2D eigenvalue weighted by Crippen LogP contribution is 2.36. The number of methoxy groups -OCH3 is 1. The third kappa shape index (κ3) is 3.86. The van der Waals surface area contributed by atoms with Crippen LogP contribution in [0.2, 0.25) is 5.02 Å². The maximum absolute atomic E-state index is 6.29. The van der Waals surface area contributed by atoms with Crippen molar-refractivity contribution in [3.8, 4) is 11.5 Å². The van der Waals surface area contributed by atoms with E-state index in [1.54, 1.807) is 30.1 Å². The molecule has 0 bridgehead atoms. The summed E-state index contributed by atoms with van der Waals surface area (Å²) >= 11 is 11.5. The van der Waals surface area contributed by atoms with E-state index in [1.165, 1.54) is 0 Å². The summed E-state index contributed by atoms with van der Waals surface area (Å²) in [4.78, 5) is 0. The Morgan fingerprint density at radius 1 is 1.56 bits per heavy atom. The number of halogens is 1. The molecule has 0 radical (unpaired) electrons. The van der Waals surface area contributed by atoms with Gasteiger partial charge in [-0.3, -0.25) is 5.10 Å². The average Bonchev–Trinajstić information content (AvgIpc) is 3.24. The molecule has 134 valence electrons. The number of H-pyrrole nitrogens is 1. The minimum atomic E-state index is -0.0939. The minimum absolute atomic E-state index is 0.0939. The summed E-state index contributed by atoms with van der Waals surface area (Å²) in [7, 11) is 1.57. The van der Waals surface area contributed by atoms with Gasteiger partial charge in [0.05, 0.1) is 25.0 Å². The fourth-order valence-electron chi connectivity index (χ4n) is 2.63. The molecule has 3 rings (SSSR count). The molecule has 9 heteroatoms. The largest absolute Gasteiger partial charge is 0.493 e. The van der Waals surface area contributed by atoms with Crippen molar-refractivity contribution in [1.29, 1.82) is 0 Å². The Hall–Kier alpha value is -1.90. The van der Waals surface area contributed by atoms with Crippen LogP contribution in [0.3, 0.4) is 0 Å². The summed E-state index contributed by atoms with van der Waals surface area (Å²) in [5.74, 6) is 1.73. The fourth-order valence-corrected chi connectivity index (χ4v) is 3.09. The van der Waals surface area contributed by atoms with Gasteiger partial charge in [-0.1, -0.05) is 11.6 Å². The zero-order chi connectivity index (χ0) is 17.8. The van der Waals surface area contributed by atoms with Gasteiger partial charge in [0.15, 0.2) is 17.3 Å². The molecule has 0 amide bonds. The van der Waals surface area contributed by atoms with Gasteiger partial charge in [-0.05, 0) is 49.7 Å². The molecule has 0 spiro atoms. The quantitative estimate of drug-likeness (QED) is 0.608. The van der Waals surface area contributed by atoms with Crippen LogP contribution < -0.4 is 9.47 Å². The van der Waals surface area contributed by atoms with Gasteiger partial charge in [0.1, 0.15) is 6.10 Å². The van der Waals surface area contributed by atoms with Gasteiger partial charge in [0.25, 0.3) is 0 Å². The van der Waals surface area contributed by atoms with E-state index in [1.807, 2.05) is 6.92 Å². The van der Waals surface area contributed by atoms with E-state index in [4.69, 9.17) is 38.0 Å². The van der Waals surface area contributed by atoms with E-state index in [2.05, 4.69) is 15.3 Å². The first-order chi connectivity index (χ1) is 12.1. The first-order valence-electron chi connectivity index (χ1n) is 7.97. The van der Waals surface area contributed by atoms with Crippen molar-refractivity contribution in [3.05, 3.63) is 33.3 Å². The molecule has 1 saturated heterocycles. The summed E-state index contributed by atoms with van der Waals surface area (Å²) in [5.41, 5.74) is 0.756. The predicted octanol–water partition coefficient (Wildman–Crippen LogP) is 3.74. The first-order valence-corrected chi connectivity index (χ1v) is 8.76. The molecule has 1 aromatic heterocycles. The Labute approximate surface area is 155 Å². The molecular formula is C16H19ClN4O3S. The van der Waals surface area contributed by atoms with Gasteiger partial charge in [-0.15, -0.1) is 0 Å². The maximum atomic E-state index is 6.29. The lowest BCUT2D eigenvalue weighted by Crippen LogP contribution is -2.05. The summed E-state index contributed by atoms with van der Waals surface area (Å²) in [6.07, 6.45) is 3.45. The van der Waals surface area contributed by atoms with Crippen LogP contribution in [0.4, 0.5) is 0 Å². The first kappa shape index (κ1) is 17.9. The molecule has 0 saturated carbocycles. The Kier molecular flexibility index (Phi) is 5.72. The van der Waals surface area contributed by atoms with E-state index >= 15 is 0 Å². The molecule has 1 N–H and O–H groups in total. The predicted molar refractivity (Wildman–Crippen MR) is 97.5 cm³/mol. The number of aromatic nitrogens is 3. The standard InChI is InChI=1S/C16H19ClN4O3S/c1-3-23-14-11(17)7-10(8-13(14)22-2)9-18-21-15(19-20-16(21)25)12-5-4-6-24-12/h7-9,12H,3-6H2,1-2H3,(H,20,25)/b18-9-/t12-/m0/s1. The molecule has 1 aliphatic heterocycles. The number of hydrogen-bond acceptors (Lipinski definition) is 6. The van der Waals surface area contributed by atoms with Gasteiger partial charge in [0, 0.05) is 6.61 Å². The van der Waals surface area contributed by atoms with Crippen LogP contribution in [0.15, 0.2) is 17.2 Å². The molecule has 25 heavy (non-hydrogen) atoms. The Morgan fingerprint density at radius 3 is 3.08 bits per heavy atom. The second kappa shape index (κ2) is 7.99. The topological polar surface area (TPSA) is 73.7 Å². The molecule has 1 atom stereocenters. The van der Waals surface area contributed by atoms with Gasteiger partial charge < -0.3 is 14.2 Å². The zero-order valence-corrected chi connectivity index (χ0v) is 15.6. The number of nitrogens with zero attached hydrogens (tertiary/aromatic N) is 3. The molecule has 7 nitrogen and oxygen atoms in total. The van der Waals surface area contributed by atoms with Crippen LogP contribution >= 0.6 is 23.8 Å². The van der Waals surface area contributed by atoms with Crippen LogP contribution in [0.1, 0.15) is 37.3 Å². The Morgan fingerprint density at radius 2 is 2.40 bits per heavy atom. The second-order valence-corrected chi connectivity index (χ2v) is 6.21. The molecule has 0 aliphatic carbocycles. The second-order valence-electron chi connectivity index (χ2n) is 5.41. The van der Waals surface area contributed by atoms with Crippen molar-refractivity contribution in [2.24, 2.45) is 5.10 Å². The molecule has 0 unspecified atom stereocenters. The number of nitrogens with one attached hydrogen (secondary N) is 1. The van der Waals surface area contributed by atoms with Gasteiger partial charge in [-0.25, -0.2) is 0 Å². The van der Waals surface area contributed by atoms with E-state index in [0.717, 1.165) is 25.0 Å². The van der Waals surface area contributed by atoms with E-state index in [0.29, 0.717) is 33.7 Å². The number of rotatable bonds is 6. The zero-order valence-electron chi connectivity index (χ0n) is 14.0.